The Morgan fingerprint density at radius 3 is 2.77 bits per heavy atom. The highest BCUT2D eigenvalue weighted by Crippen LogP contribution is 2.24. The number of benzene rings is 1. The van der Waals surface area contributed by atoms with Crippen LogP contribution >= 0.6 is 0 Å². The molecule has 0 bridgehead atoms. The van der Waals surface area contributed by atoms with Crippen molar-refractivity contribution in [1.82, 2.24) is 10.2 Å². The van der Waals surface area contributed by atoms with Gasteiger partial charge >= 0.3 is 6.03 Å². The molecule has 2 amide bonds. The monoisotopic (exact) mass is 361 g/mol. The van der Waals surface area contributed by atoms with E-state index in [4.69, 9.17) is 9.84 Å². The number of piperidine rings is 2. The van der Waals surface area contributed by atoms with E-state index < -0.39 is 0 Å². The molecule has 144 valence electrons. The molecular formula is C20H31N3O3. The van der Waals surface area contributed by atoms with E-state index >= 15 is 0 Å². The normalized spacial score (nSPS) is 20.9. The molecule has 1 atom stereocenters. The first-order chi connectivity index (χ1) is 12.8. The zero-order chi connectivity index (χ0) is 18.2. The molecule has 2 aliphatic heterocycles. The van der Waals surface area contributed by atoms with Crippen LogP contribution < -0.4 is 10.2 Å². The summed E-state index contributed by atoms with van der Waals surface area (Å²) in [5.41, 5.74) is 2.42. The van der Waals surface area contributed by atoms with Gasteiger partial charge in [0.25, 0.3) is 0 Å². The van der Waals surface area contributed by atoms with E-state index in [0.717, 1.165) is 32.5 Å². The van der Waals surface area contributed by atoms with Crippen LogP contribution in [-0.4, -0.2) is 61.5 Å². The number of amides is 2. The molecule has 2 saturated heterocycles. The fourth-order valence-electron chi connectivity index (χ4n) is 3.86. The van der Waals surface area contributed by atoms with Crippen LogP contribution in [0.2, 0.25) is 0 Å². The molecule has 2 heterocycles. The summed E-state index contributed by atoms with van der Waals surface area (Å²) >= 11 is 0. The Bertz CT molecular complexity index is 575. The molecule has 0 saturated carbocycles. The average molecular weight is 361 g/mol. The average Bonchev–Trinajstić information content (AvgIpc) is 2.71. The van der Waals surface area contributed by atoms with Crippen molar-refractivity contribution in [2.45, 2.75) is 44.8 Å². The van der Waals surface area contributed by atoms with E-state index in [9.17, 15) is 4.79 Å². The largest absolute Gasteiger partial charge is 0.394 e. The first kappa shape index (κ1) is 19.0. The maximum Gasteiger partial charge on any atom is 0.317 e. The maximum atomic E-state index is 12.6. The second kappa shape index (κ2) is 9.78. The molecule has 26 heavy (non-hydrogen) atoms. The summed E-state index contributed by atoms with van der Waals surface area (Å²) in [6.45, 7) is 4.46. The summed E-state index contributed by atoms with van der Waals surface area (Å²) in [5, 5.41) is 12.0. The van der Waals surface area contributed by atoms with E-state index in [0.29, 0.717) is 19.7 Å². The van der Waals surface area contributed by atoms with Crippen molar-refractivity contribution in [1.29, 1.82) is 0 Å². The van der Waals surface area contributed by atoms with Crippen LogP contribution in [0, 0.1) is 0 Å². The molecule has 6 nitrogen and oxygen atoms in total. The van der Waals surface area contributed by atoms with Gasteiger partial charge in [-0.25, -0.2) is 4.79 Å². The van der Waals surface area contributed by atoms with Gasteiger partial charge in [-0.2, -0.15) is 0 Å². The molecule has 2 fully saturated rings. The predicted molar refractivity (Wildman–Crippen MR) is 102 cm³/mol. The lowest BCUT2D eigenvalue weighted by Crippen LogP contribution is -2.47. The lowest BCUT2D eigenvalue weighted by molar-refractivity contribution is -0.00580. The molecule has 3 rings (SSSR count). The minimum atomic E-state index is -0.0317. The minimum Gasteiger partial charge on any atom is -0.394 e. The highest BCUT2D eigenvalue weighted by Gasteiger charge is 2.24. The summed E-state index contributed by atoms with van der Waals surface area (Å²) in [6.07, 6.45) is 5.70. The Labute approximate surface area is 156 Å². The molecular weight excluding hydrogens is 330 g/mol. The number of hydrogen-bond donors (Lipinski definition) is 2. The van der Waals surface area contributed by atoms with E-state index in [1.165, 1.54) is 30.5 Å². The van der Waals surface area contributed by atoms with Crippen molar-refractivity contribution in [3.63, 3.8) is 0 Å². The molecule has 2 N–H and O–H groups in total. The van der Waals surface area contributed by atoms with Crippen molar-refractivity contribution < 1.29 is 14.6 Å². The standard InChI is InChI=1S/C20H31N3O3/c24-13-14-26-18-8-6-12-23(16-18)20(25)21-15-17-7-2-3-9-19(17)22-10-4-1-5-11-22/h2-3,7,9,18,24H,1,4-6,8,10-16H2,(H,21,25). The Hall–Kier alpha value is -1.79. The third-order valence-electron chi connectivity index (χ3n) is 5.23. The van der Waals surface area contributed by atoms with E-state index in [1.807, 2.05) is 11.0 Å². The van der Waals surface area contributed by atoms with Gasteiger partial charge in [0, 0.05) is 38.4 Å². The van der Waals surface area contributed by atoms with Crippen LogP contribution in [0.25, 0.3) is 0 Å². The van der Waals surface area contributed by atoms with Crippen molar-refractivity contribution in [2.75, 3.05) is 44.3 Å². The van der Waals surface area contributed by atoms with Crippen LogP contribution in [0.4, 0.5) is 10.5 Å². The van der Waals surface area contributed by atoms with Gasteiger partial charge in [0.1, 0.15) is 0 Å². The van der Waals surface area contributed by atoms with Crippen molar-refractivity contribution >= 4 is 11.7 Å². The quantitative estimate of drug-likeness (QED) is 0.816. The van der Waals surface area contributed by atoms with E-state index in [2.05, 4.69) is 28.4 Å². The lowest BCUT2D eigenvalue weighted by atomic mass is 10.1. The van der Waals surface area contributed by atoms with E-state index in [-0.39, 0.29) is 18.7 Å². The lowest BCUT2D eigenvalue weighted by Gasteiger charge is -2.33. The number of aliphatic hydroxyl groups excluding tert-OH is 1. The zero-order valence-electron chi connectivity index (χ0n) is 15.5. The van der Waals surface area contributed by atoms with Gasteiger partial charge in [0.05, 0.1) is 19.3 Å². The smallest absolute Gasteiger partial charge is 0.317 e. The third-order valence-corrected chi connectivity index (χ3v) is 5.23. The summed E-state index contributed by atoms with van der Waals surface area (Å²) in [6, 6.07) is 8.34. The fourth-order valence-corrected chi connectivity index (χ4v) is 3.86. The first-order valence-corrected chi connectivity index (χ1v) is 9.86. The van der Waals surface area contributed by atoms with Crippen molar-refractivity contribution in [3.05, 3.63) is 29.8 Å². The van der Waals surface area contributed by atoms with Gasteiger partial charge in [-0.05, 0) is 43.7 Å². The van der Waals surface area contributed by atoms with E-state index in [1.54, 1.807) is 0 Å². The van der Waals surface area contributed by atoms with Crippen LogP contribution in [0.3, 0.4) is 0 Å². The number of para-hydroxylation sites is 1. The maximum absolute atomic E-state index is 12.6. The molecule has 0 aromatic heterocycles. The molecule has 1 aromatic carbocycles. The number of nitrogens with one attached hydrogen (secondary N) is 1. The number of urea groups is 1. The second-order valence-corrected chi connectivity index (χ2v) is 7.14. The first-order valence-electron chi connectivity index (χ1n) is 9.86. The van der Waals surface area contributed by atoms with Gasteiger partial charge in [0.2, 0.25) is 0 Å². The Kier molecular flexibility index (Phi) is 7.14. The van der Waals surface area contributed by atoms with Crippen LogP contribution in [0.1, 0.15) is 37.7 Å². The summed E-state index contributed by atoms with van der Waals surface area (Å²) < 4.78 is 5.60. The zero-order valence-corrected chi connectivity index (χ0v) is 15.5. The van der Waals surface area contributed by atoms with Gasteiger partial charge in [0.15, 0.2) is 0 Å². The van der Waals surface area contributed by atoms with Gasteiger partial charge in [-0.15, -0.1) is 0 Å². The molecule has 0 aliphatic carbocycles. The predicted octanol–water partition coefficient (Wildman–Crippen LogP) is 2.36. The molecule has 6 heteroatoms. The Morgan fingerprint density at radius 1 is 1.15 bits per heavy atom. The highest BCUT2D eigenvalue weighted by molar-refractivity contribution is 5.74. The van der Waals surface area contributed by atoms with Crippen molar-refractivity contribution in [2.24, 2.45) is 0 Å². The number of likely N-dealkylation sites (tertiary alicyclic amines) is 1. The number of anilines is 1. The minimum absolute atomic E-state index is 0.0238. The second-order valence-electron chi connectivity index (χ2n) is 7.14. The summed E-state index contributed by atoms with van der Waals surface area (Å²) in [5.74, 6) is 0. The molecule has 2 aliphatic rings. The number of rotatable bonds is 6. The van der Waals surface area contributed by atoms with Crippen molar-refractivity contribution in [3.8, 4) is 0 Å². The Morgan fingerprint density at radius 2 is 1.96 bits per heavy atom. The van der Waals surface area contributed by atoms with Crippen LogP contribution in [0.5, 0.6) is 0 Å². The molecule has 0 radical (unpaired) electrons. The summed E-state index contributed by atoms with van der Waals surface area (Å²) in [4.78, 5) is 16.8. The summed E-state index contributed by atoms with van der Waals surface area (Å²) in [7, 11) is 0. The molecule has 0 spiro atoms. The number of ether oxygens (including phenoxy) is 1. The van der Waals surface area contributed by atoms with Gasteiger partial charge < -0.3 is 25.0 Å². The van der Waals surface area contributed by atoms with Gasteiger partial charge in [-0.3, -0.25) is 0 Å². The fraction of sp³-hybridized carbons (Fsp3) is 0.650. The number of nitrogens with zero attached hydrogens (tertiary/aromatic N) is 2. The van der Waals surface area contributed by atoms with Crippen LogP contribution in [-0.2, 0) is 11.3 Å². The topological polar surface area (TPSA) is 65.0 Å². The number of carbonyl (C=O) groups is 1. The number of aliphatic hydroxyl groups is 1. The SMILES string of the molecule is O=C(NCc1ccccc1N1CCCCC1)N1CCCC(OCCO)C1. The number of hydrogen-bond acceptors (Lipinski definition) is 4. The van der Waals surface area contributed by atoms with Crippen LogP contribution in [0.15, 0.2) is 24.3 Å². The molecule has 1 unspecified atom stereocenters. The third kappa shape index (κ3) is 5.11. The van der Waals surface area contributed by atoms with Gasteiger partial charge in [-0.1, -0.05) is 18.2 Å². The molecule has 1 aromatic rings. The Balaban J connectivity index is 1.54. The highest BCUT2D eigenvalue weighted by atomic mass is 16.5. The number of carbonyl (C=O) groups excluding carboxylic acids is 1.